The molecule has 0 saturated carbocycles. The predicted molar refractivity (Wildman–Crippen MR) is 87.4 cm³/mol. The van der Waals surface area contributed by atoms with E-state index in [1.165, 1.54) is 23.1 Å². The SMILES string of the molecule is CNC(CCCc1ccccc1)c1cc(Cl)ccc1C. The largest absolute Gasteiger partial charge is 0.313 e. The molecule has 0 saturated heterocycles. The molecule has 0 amide bonds. The van der Waals surface area contributed by atoms with E-state index >= 15 is 0 Å². The summed E-state index contributed by atoms with van der Waals surface area (Å²) in [5.74, 6) is 0. The summed E-state index contributed by atoms with van der Waals surface area (Å²) in [7, 11) is 2.02. The first-order chi connectivity index (χ1) is 9.70. The number of benzene rings is 2. The number of aryl methyl sites for hydroxylation is 2. The van der Waals surface area contributed by atoms with E-state index < -0.39 is 0 Å². The van der Waals surface area contributed by atoms with Crippen molar-refractivity contribution in [3.05, 3.63) is 70.2 Å². The third-order valence-electron chi connectivity index (χ3n) is 3.77. The molecule has 2 heteroatoms. The van der Waals surface area contributed by atoms with Gasteiger partial charge in [0.15, 0.2) is 0 Å². The molecule has 1 unspecified atom stereocenters. The first-order valence-corrected chi connectivity index (χ1v) is 7.55. The molecule has 1 N–H and O–H groups in total. The highest BCUT2D eigenvalue weighted by Gasteiger charge is 2.12. The number of nitrogens with one attached hydrogen (secondary N) is 1. The molecule has 0 heterocycles. The van der Waals surface area contributed by atoms with Gasteiger partial charge in [0.25, 0.3) is 0 Å². The van der Waals surface area contributed by atoms with Gasteiger partial charge in [-0.05, 0) is 62.1 Å². The van der Waals surface area contributed by atoms with Crippen LogP contribution in [0, 0.1) is 6.92 Å². The van der Waals surface area contributed by atoms with Crippen molar-refractivity contribution < 1.29 is 0 Å². The molecule has 1 nitrogen and oxygen atoms in total. The Morgan fingerprint density at radius 3 is 2.55 bits per heavy atom. The zero-order valence-corrected chi connectivity index (χ0v) is 13.0. The molecule has 0 aliphatic rings. The smallest absolute Gasteiger partial charge is 0.0409 e. The third-order valence-corrected chi connectivity index (χ3v) is 4.00. The van der Waals surface area contributed by atoms with Gasteiger partial charge >= 0.3 is 0 Å². The Labute approximate surface area is 127 Å². The summed E-state index contributed by atoms with van der Waals surface area (Å²) in [6, 6.07) is 17.2. The van der Waals surface area contributed by atoms with Crippen molar-refractivity contribution in [2.75, 3.05) is 7.05 Å². The van der Waals surface area contributed by atoms with Crippen LogP contribution in [0.4, 0.5) is 0 Å². The van der Waals surface area contributed by atoms with Gasteiger partial charge in [0.05, 0.1) is 0 Å². The summed E-state index contributed by atoms with van der Waals surface area (Å²) in [5.41, 5.74) is 4.02. The van der Waals surface area contributed by atoms with E-state index in [2.05, 4.69) is 54.7 Å². The second-order valence-corrected chi connectivity index (χ2v) is 5.66. The van der Waals surface area contributed by atoms with Crippen molar-refractivity contribution in [1.29, 1.82) is 0 Å². The average molecular weight is 288 g/mol. The topological polar surface area (TPSA) is 12.0 Å². The van der Waals surface area contributed by atoms with Crippen LogP contribution in [0.15, 0.2) is 48.5 Å². The molecule has 0 aliphatic heterocycles. The van der Waals surface area contributed by atoms with Crippen molar-refractivity contribution in [3.8, 4) is 0 Å². The maximum absolute atomic E-state index is 6.12. The summed E-state index contributed by atoms with van der Waals surface area (Å²) in [6.45, 7) is 2.15. The van der Waals surface area contributed by atoms with Crippen LogP contribution in [-0.2, 0) is 6.42 Å². The quantitative estimate of drug-likeness (QED) is 0.794. The first-order valence-electron chi connectivity index (χ1n) is 7.18. The Morgan fingerprint density at radius 1 is 1.10 bits per heavy atom. The van der Waals surface area contributed by atoms with Crippen molar-refractivity contribution in [1.82, 2.24) is 5.32 Å². The van der Waals surface area contributed by atoms with Crippen LogP contribution in [0.25, 0.3) is 0 Å². The summed E-state index contributed by atoms with van der Waals surface area (Å²) >= 11 is 6.12. The van der Waals surface area contributed by atoms with Crippen LogP contribution >= 0.6 is 11.6 Å². The molecule has 2 rings (SSSR count). The second kappa shape index (κ2) is 7.47. The summed E-state index contributed by atoms with van der Waals surface area (Å²) in [5, 5.41) is 4.23. The highest BCUT2D eigenvalue weighted by Crippen LogP contribution is 2.25. The predicted octanol–water partition coefficient (Wildman–Crippen LogP) is 4.93. The molecule has 1 atom stereocenters. The molecule has 2 aromatic rings. The maximum atomic E-state index is 6.12. The van der Waals surface area contributed by atoms with Gasteiger partial charge in [-0.2, -0.15) is 0 Å². The first kappa shape index (κ1) is 15.1. The molecule has 0 spiro atoms. The van der Waals surface area contributed by atoms with E-state index in [1.54, 1.807) is 0 Å². The van der Waals surface area contributed by atoms with Crippen LogP contribution < -0.4 is 5.32 Å². The summed E-state index contributed by atoms with van der Waals surface area (Å²) in [6.07, 6.45) is 3.41. The molecule has 106 valence electrons. The van der Waals surface area contributed by atoms with Gasteiger partial charge in [-0.15, -0.1) is 0 Å². The van der Waals surface area contributed by atoms with Gasteiger partial charge in [0, 0.05) is 11.1 Å². The maximum Gasteiger partial charge on any atom is 0.0409 e. The van der Waals surface area contributed by atoms with E-state index in [-0.39, 0.29) is 0 Å². The molecule has 0 radical (unpaired) electrons. The van der Waals surface area contributed by atoms with Crippen LogP contribution in [-0.4, -0.2) is 7.05 Å². The highest BCUT2D eigenvalue weighted by atomic mass is 35.5. The lowest BCUT2D eigenvalue weighted by atomic mass is 9.96. The second-order valence-electron chi connectivity index (χ2n) is 5.22. The summed E-state index contributed by atoms with van der Waals surface area (Å²) in [4.78, 5) is 0. The van der Waals surface area contributed by atoms with Crippen molar-refractivity contribution in [2.24, 2.45) is 0 Å². The molecule has 0 fully saturated rings. The van der Waals surface area contributed by atoms with E-state index in [4.69, 9.17) is 11.6 Å². The van der Waals surface area contributed by atoms with E-state index in [1.807, 2.05) is 13.1 Å². The molecule has 20 heavy (non-hydrogen) atoms. The lowest BCUT2D eigenvalue weighted by Crippen LogP contribution is -2.17. The van der Waals surface area contributed by atoms with Gasteiger partial charge in [-0.1, -0.05) is 48.0 Å². The Morgan fingerprint density at radius 2 is 1.85 bits per heavy atom. The fraction of sp³-hybridized carbons (Fsp3) is 0.333. The molecule has 0 aliphatic carbocycles. The fourth-order valence-electron chi connectivity index (χ4n) is 2.60. The molecule has 0 aromatic heterocycles. The highest BCUT2D eigenvalue weighted by molar-refractivity contribution is 6.30. The minimum atomic E-state index is 0.373. The van der Waals surface area contributed by atoms with Crippen LogP contribution in [0.1, 0.15) is 35.6 Å². The van der Waals surface area contributed by atoms with E-state index in [0.717, 1.165) is 17.9 Å². The zero-order valence-electron chi connectivity index (χ0n) is 12.2. The lowest BCUT2D eigenvalue weighted by Gasteiger charge is -2.19. The van der Waals surface area contributed by atoms with Crippen molar-refractivity contribution in [3.63, 3.8) is 0 Å². The van der Waals surface area contributed by atoms with Crippen LogP contribution in [0.5, 0.6) is 0 Å². The molecular weight excluding hydrogens is 266 g/mol. The van der Waals surface area contributed by atoms with Crippen LogP contribution in [0.3, 0.4) is 0 Å². The Kier molecular flexibility index (Phi) is 5.63. The van der Waals surface area contributed by atoms with Gasteiger partial charge in [-0.3, -0.25) is 0 Å². The van der Waals surface area contributed by atoms with Crippen molar-refractivity contribution in [2.45, 2.75) is 32.2 Å². The normalized spacial score (nSPS) is 12.3. The Balaban J connectivity index is 1.97. The number of hydrogen-bond donors (Lipinski definition) is 1. The van der Waals surface area contributed by atoms with Gasteiger partial charge in [0.2, 0.25) is 0 Å². The monoisotopic (exact) mass is 287 g/mol. The average Bonchev–Trinajstić information content (AvgIpc) is 2.48. The number of halogens is 1. The Hall–Kier alpha value is -1.31. The van der Waals surface area contributed by atoms with Crippen molar-refractivity contribution >= 4 is 11.6 Å². The van der Waals surface area contributed by atoms with Crippen LogP contribution in [0.2, 0.25) is 5.02 Å². The molecule has 2 aromatic carbocycles. The minimum Gasteiger partial charge on any atom is -0.313 e. The minimum absolute atomic E-state index is 0.373. The standard InChI is InChI=1S/C18H22ClN/c1-14-11-12-16(19)13-17(14)18(20-2)10-6-9-15-7-4-3-5-8-15/h3-5,7-8,11-13,18,20H,6,9-10H2,1-2H3. The van der Waals surface area contributed by atoms with Gasteiger partial charge in [0.1, 0.15) is 0 Å². The van der Waals surface area contributed by atoms with E-state index in [9.17, 15) is 0 Å². The molecular formula is C18H22ClN. The number of rotatable bonds is 6. The Bertz CT molecular complexity index is 536. The summed E-state index contributed by atoms with van der Waals surface area (Å²) < 4.78 is 0. The lowest BCUT2D eigenvalue weighted by molar-refractivity contribution is 0.525. The van der Waals surface area contributed by atoms with Gasteiger partial charge in [-0.25, -0.2) is 0 Å². The zero-order chi connectivity index (χ0) is 14.4. The number of hydrogen-bond acceptors (Lipinski definition) is 1. The van der Waals surface area contributed by atoms with Gasteiger partial charge < -0.3 is 5.32 Å². The van der Waals surface area contributed by atoms with E-state index in [0.29, 0.717) is 6.04 Å². The fourth-order valence-corrected chi connectivity index (χ4v) is 2.78. The third kappa shape index (κ3) is 4.09. The molecule has 0 bridgehead atoms.